The normalized spacial score (nSPS) is 41.0. The fourth-order valence-electron chi connectivity index (χ4n) is 3.88. The largest absolute Gasteiger partial charge is 0.381 e. The zero-order chi connectivity index (χ0) is 37.1. The minimum absolute atomic E-state index is 0.0268. The minimum atomic E-state index is -3.28. The van der Waals surface area contributed by atoms with Crippen LogP contribution in [0.2, 0.25) is 0 Å². The molecule has 9 heteroatoms. The van der Waals surface area contributed by atoms with Crippen molar-refractivity contribution < 1.29 is 41.3 Å². The van der Waals surface area contributed by atoms with Gasteiger partial charge in [0.25, 0.3) is 5.91 Å². The van der Waals surface area contributed by atoms with Gasteiger partial charge in [-0.25, -0.2) is 4.39 Å². The lowest BCUT2D eigenvalue weighted by Crippen LogP contribution is -2.52. The van der Waals surface area contributed by atoms with Gasteiger partial charge in [-0.15, -0.1) is 0 Å². The molecule has 190 valence electrons. The van der Waals surface area contributed by atoms with E-state index in [4.69, 9.17) is 22.6 Å². The van der Waals surface area contributed by atoms with E-state index < -0.39 is 103 Å². The Bertz CT molecular complexity index is 1750. The number of morpholine rings is 1. The standard InChI is InChI=1S/C27H31FN4O4/c1-16-12-31(13-17(2)36-16)14-18-6-7-22(28)19(10-18)11-29-23-5-3-4-20-21(23)15-32(27(20)35)24-8-9-25(33)30-26(24)34/h3-7,10,16-17,24,29H,8-9,11-15H2,1-2H3,(H,30,33,34)/i11D2,12D2,13D2,14D2,15D2,16D,17D,24D. The van der Waals surface area contributed by atoms with Crippen molar-refractivity contribution in [2.75, 3.05) is 18.3 Å². The number of ether oxygens (including phenoxy) is 1. The van der Waals surface area contributed by atoms with Crippen LogP contribution >= 0.6 is 0 Å². The van der Waals surface area contributed by atoms with Gasteiger partial charge in [0, 0.05) is 69.5 Å². The quantitative estimate of drug-likeness (QED) is 0.585. The molecule has 2 aromatic carbocycles. The third-order valence-electron chi connectivity index (χ3n) is 5.48. The Hall–Kier alpha value is -3.30. The first-order valence-corrected chi connectivity index (χ1v) is 11.0. The van der Waals surface area contributed by atoms with Gasteiger partial charge in [-0.3, -0.25) is 24.6 Å². The molecule has 5 rings (SSSR count). The number of amides is 3. The van der Waals surface area contributed by atoms with Gasteiger partial charge in [0.2, 0.25) is 11.8 Å². The van der Waals surface area contributed by atoms with E-state index in [9.17, 15) is 14.4 Å². The molecule has 2 N–H and O–H groups in total. The van der Waals surface area contributed by atoms with Crippen LogP contribution in [0.1, 0.15) is 71.6 Å². The van der Waals surface area contributed by atoms with Crippen molar-refractivity contribution in [3.05, 3.63) is 64.5 Å². The first-order valence-electron chi connectivity index (χ1n) is 17.5. The number of hydrogen-bond acceptors (Lipinski definition) is 6. The zero-order valence-electron chi connectivity index (χ0n) is 32.3. The van der Waals surface area contributed by atoms with Gasteiger partial charge >= 0.3 is 0 Å². The topological polar surface area (TPSA) is 91.0 Å². The molecule has 0 aliphatic carbocycles. The molecule has 2 fully saturated rings. The van der Waals surface area contributed by atoms with Crippen molar-refractivity contribution in [2.45, 2.75) is 64.4 Å². The Labute approximate surface area is 228 Å². The number of piperidine rings is 1. The van der Waals surface area contributed by atoms with Crippen LogP contribution in [0.5, 0.6) is 0 Å². The second-order valence-corrected chi connectivity index (χ2v) is 8.13. The molecule has 0 bridgehead atoms. The van der Waals surface area contributed by atoms with Crippen LogP contribution in [0, 0.1) is 5.82 Å². The Kier molecular flexibility index (Phi) is 3.69. The number of rotatable bonds is 6. The van der Waals surface area contributed by atoms with Gasteiger partial charge < -0.3 is 15.0 Å². The maximum Gasteiger partial charge on any atom is 0.255 e. The summed E-state index contributed by atoms with van der Waals surface area (Å²) in [6.45, 7) is -14.0. The third kappa shape index (κ3) is 4.99. The second kappa shape index (κ2) is 9.99. The summed E-state index contributed by atoms with van der Waals surface area (Å²) < 4.78 is 132. The molecule has 2 aromatic rings. The minimum Gasteiger partial charge on any atom is -0.381 e. The lowest BCUT2D eigenvalue weighted by molar-refractivity contribution is -0.136. The van der Waals surface area contributed by atoms with E-state index in [1.54, 1.807) is 0 Å². The number of carbonyl (C=O) groups is 3. The predicted molar refractivity (Wildman–Crippen MR) is 131 cm³/mol. The molecule has 36 heavy (non-hydrogen) atoms. The average Bonchev–Trinajstić information content (AvgIpc) is 3.14. The summed E-state index contributed by atoms with van der Waals surface area (Å²) in [6.07, 6.45) is -6.27. The molecule has 3 unspecified atom stereocenters. The number of carbonyl (C=O) groups excluding carboxylic acids is 3. The number of hydrogen-bond donors (Lipinski definition) is 2. The van der Waals surface area contributed by atoms with Crippen LogP contribution in [-0.4, -0.2) is 58.7 Å². The van der Waals surface area contributed by atoms with Crippen molar-refractivity contribution in [3.63, 3.8) is 0 Å². The summed E-state index contributed by atoms with van der Waals surface area (Å²) in [6, 6.07) is 3.08. The summed E-state index contributed by atoms with van der Waals surface area (Å²) >= 11 is 0. The fraction of sp³-hybridized carbons (Fsp3) is 0.444. The summed E-state index contributed by atoms with van der Waals surface area (Å²) in [5.74, 6) is -4.33. The van der Waals surface area contributed by atoms with Gasteiger partial charge in [0.15, 0.2) is 0 Å². The van der Waals surface area contributed by atoms with Gasteiger partial charge in [0.1, 0.15) is 11.8 Å². The number of imide groups is 1. The maximum atomic E-state index is 15.4. The number of fused-ring (bicyclic) bond motifs is 1. The molecule has 0 radical (unpaired) electrons. The summed E-state index contributed by atoms with van der Waals surface area (Å²) in [4.78, 5) is 38.2. The first-order chi connectivity index (χ1) is 22.1. The van der Waals surface area contributed by atoms with Crippen LogP contribution in [0.4, 0.5) is 10.1 Å². The summed E-state index contributed by atoms with van der Waals surface area (Å²) in [5.41, 5.74) is -2.87. The van der Waals surface area contributed by atoms with Crippen molar-refractivity contribution in [1.82, 2.24) is 15.1 Å². The fourth-order valence-corrected chi connectivity index (χ4v) is 3.88. The lowest BCUT2D eigenvalue weighted by Gasteiger charge is -2.35. The molecule has 0 aromatic heterocycles. The maximum absolute atomic E-state index is 15.4. The zero-order valence-corrected chi connectivity index (χ0v) is 19.3. The highest BCUT2D eigenvalue weighted by Crippen LogP contribution is 2.32. The Morgan fingerprint density at radius 3 is 2.75 bits per heavy atom. The highest BCUT2D eigenvalue weighted by atomic mass is 19.1. The van der Waals surface area contributed by atoms with E-state index in [0.717, 1.165) is 26.0 Å². The number of anilines is 1. The molecule has 0 spiro atoms. The molecule has 3 aliphatic rings. The first kappa shape index (κ1) is 13.3. The SMILES string of the molecule is [2H]C([2H])(Nc1cccc2c1C([2H])([2H])N(C1([2H])CCC(=O)NC1=O)C2=O)c1cc(C([2H])([2H])N2C([2H])([2H])C([2H])(C)OC([2H])(C)C2([2H])[2H])ccc1F. The van der Waals surface area contributed by atoms with Crippen molar-refractivity contribution >= 4 is 23.4 Å². The second-order valence-electron chi connectivity index (χ2n) is 8.13. The van der Waals surface area contributed by atoms with Crippen LogP contribution < -0.4 is 10.6 Å². The highest BCUT2D eigenvalue weighted by Gasteiger charge is 2.39. The van der Waals surface area contributed by atoms with Crippen molar-refractivity contribution in [3.8, 4) is 0 Å². The number of nitrogens with zero attached hydrogens (tertiary/aromatic N) is 2. The molecule has 0 saturated carbocycles. The van der Waals surface area contributed by atoms with Crippen LogP contribution in [0.3, 0.4) is 0 Å². The van der Waals surface area contributed by atoms with E-state index >= 15 is 4.39 Å². The molecular formula is C27H31FN4O4. The molecular weight excluding hydrogens is 463 g/mol. The summed E-state index contributed by atoms with van der Waals surface area (Å²) in [5, 5.41) is 4.24. The number of nitrogens with one attached hydrogen (secondary N) is 2. The van der Waals surface area contributed by atoms with Crippen LogP contribution in [-0.2, 0) is 33.8 Å². The van der Waals surface area contributed by atoms with Gasteiger partial charge in [-0.1, -0.05) is 12.1 Å². The van der Waals surface area contributed by atoms with Gasteiger partial charge in [-0.05, 0) is 50.1 Å². The molecule has 3 heterocycles. The molecule has 8 nitrogen and oxygen atoms in total. The van der Waals surface area contributed by atoms with E-state index in [0.29, 0.717) is 17.0 Å². The van der Waals surface area contributed by atoms with E-state index in [1.165, 1.54) is 12.1 Å². The Morgan fingerprint density at radius 2 is 2.00 bits per heavy atom. The molecule has 3 amide bonds. The third-order valence-corrected chi connectivity index (χ3v) is 5.48. The van der Waals surface area contributed by atoms with Crippen LogP contribution in [0.25, 0.3) is 0 Å². The van der Waals surface area contributed by atoms with E-state index in [2.05, 4.69) is 5.32 Å². The van der Waals surface area contributed by atoms with Gasteiger partial charge in [0.05, 0.1) is 21.8 Å². The molecule has 3 atom stereocenters. The van der Waals surface area contributed by atoms with Gasteiger partial charge in [-0.2, -0.15) is 0 Å². The molecule has 3 aliphatic heterocycles. The smallest absolute Gasteiger partial charge is 0.255 e. The Balaban J connectivity index is 1.57. The van der Waals surface area contributed by atoms with E-state index in [1.807, 2.05) is 5.32 Å². The number of benzene rings is 2. The van der Waals surface area contributed by atoms with Crippen molar-refractivity contribution in [2.24, 2.45) is 0 Å². The molecule has 2 saturated heterocycles. The Morgan fingerprint density at radius 1 is 1.22 bits per heavy atom. The highest BCUT2D eigenvalue weighted by molar-refractivity contribution is 6.06. The number of halogens is 1. The predicted octanol–water partition coefficient (Wildman–Crippen LogP) is 2.81. The monoisotopic (exact) mass is 507 g/mol. The van der Waals surface area contributed by atoms with E-state index in [-0.39, 0.29) is 16.9 Å². The lowest BCUT2D eigenvalue weighted by atomic mass is 10.0. The van der Waals surface area contributed by atoms with Crippen molar-refractivity contribution in [1.29, 1.82) is 0 Å². The van der Waals surface area contributed by atoms with Crippen LogP contribution in [0.15, 0.2) is 36.4 Å². The average molecular weight is 508 g/mol. The summed E-state index contributed by atoms with van der Waals surface area (Å²) in [7, 11) is 0.